The molecule has 1 rings (SSSR count). The summed E-state index contributed by atoms with van der Waals surface area (Å²) in [5.41, 5.74) is 4.36. The molecule has 0 atom stereocenters. The van der Waals surface area contributed by atoms with Crippen LogP contribution in [0, 0.1) is 0 Å². The fourth-order valence-electron chi connectivity index (χ4n) is 1.31. The Labute approximate surface area is 93.7 Å². The Morgan fingerprint density at radius 2 is 2.25 bits per heavy atom. The first-order valence-electron chi connectivity index (χ1n) is 5.03. The molecule has 4 N–H and O–H groups in total. The zero-order chi connectivity index (χ0) is 12.3. The molecule has 0 radical (unpaired) electrons. The molecule has 16 heavy (non-hydrogen) atoms. The van der Waals surface area contributed by atoms with Gasteiger partial charge < -0.3 is 15.7 Å². The van der Waals surface area contributed by atoms with Crippen LogP contribution in [0.5, 0.6) is 0 Å². The van der Waals surface area contributed by atoms with E-state index in [0.717, 1.165) is 0 Å². The number of carbonyl (C=O) groups excluding carboxylic acids is 1. The third-order valence-corrected chi connectivity index (χ3v) is 1.95. The number of H-pyrrole nitrogens is 1. The van der Waals surface area contributed by atoms with Crippen molar-refractivity contribution < 1.29 is 9.90 Å². The van der Waals surface area contributed by atoms with E-state index < -0.39 is 5.60 Å². The molecular formula is C9H17N5O2. The van der Waals surface area contributed by atoms with E-state index in [1.165, 1.54) is 4.90 Å². The second kappa shape index (κ2) is 4.48. The Morgan fingerprint density at radius 1 is 1.62 bits per heavy atom. The zero-order valence-corrected chi connectivity index (χ0v) is 9.69. The second-order valence-corrected chi connectivity index (χ2v) is 4.17. The van der Waals surface area contributed by atoms with Crippen LogP contribution >= 0.6 is 0 Å². The molecule has 1 aromatic heterocycles. The normalized spacial score (nSPS) is 11.5. The molecule has 0 saturated carbocycles. The molecule has 90 valence electrons. The number of hydrogen-bond donors (Lipinski definition) is 3. The van der Waals surface area contributed by atoms with Gasteiger partial charge in [0, 0.05) is 13.1 Å². The Hall–Kier alpha value is -1.63. The molecule has 0 spiro atoms. The fraction of sp³-hybridized carbons (Fsp3) is 0.667. The van der Waals surface area contributed by atoms with Crippen LogP contribution in [0.2, 0.25) is 0 Å². The van der Waals surface area contributed by atoms with Gasteiger partial charge in [-0.3, -0.25) is 9.89 Å². The van der Waals surface area contributed by atoms with Crippen molar-refractivity contribution in [2.24, 2.45) is 0 Å². The first-order chi connectivity index (χ1) is 7.33. The van der Waals surface area contributed by atoms with Crippen molar-refractivity contribution in [3.05, 3.63) is 5.82 Å². The molecule has 0 aliphatic carbocycles. The smallest absolute Gasteiger partial charge is 0.291 e. The van der Waals surface area contributed by atoms with Crippen molar-refractivity contribution in [1.29, 1.82) is 0 Å². The predicted molar refractivity (Wildman–Crippen MR) is 58.7 cm³/mol. The van der Waals surface area contributed by atoms with Gasteiger partial charge in [0.1, 0.15) is 0 Å². The molecular weight excluding hydrogens is 210 g/mol. The summed E-state index contributed by atoms with van der Waals surface area (Å²) in [6.45, 7) is 5.80. The Kier molecular flexibility index (Phi) is 3.48. The van der Waals surface area contributed by atoms with E-state index in [1.54, 1.807) is 13.8 Å². The highest BCUT2D eigenvalue weighted by Crippen LogP contribution is 2.08. The summed E-state index contributed by atoms with van der Waals surface area (Å²) in [7, 11) is 0. The molecule has 0 aliphatic rings. The average Bonchev–Trinajstić information content (AvgIpc) is 2.58. The highest BCUT2D eigenvalue weighted by atomic mass is 16.3. The number of aromatic amines is 1. The lowest BCUT2D eigenvalue weighted by Crippen LogP contribution is -2.42. The first-order valence-corrected chi connectivity index (χ1v) is 5.03. The van der Waals surface area contributed by atoms with Crippen molar-refractivity contribution in [1.82, 2.24) is 20.1 Å². The molecule has 0 unspecified atom stereocenters. The first kappa shape index (κ1) is 12.4. The van der Waals surface area contributed by atoms with Gasteiger partial charge in [0.05, 0.1) is 5.60 Å². The number of aliphatic hydroxyl groups is 1. The highest BCUT2D eigenvalue weighted by Gasteiger charge is 2.24. The number of likely N-dealkylation sites (N-methyl/N-ethyl adjacent to an activating group) is 1. The van der Waals surface area contributed by atoms with Gasteiger partial charge in [0.15, 0.2) is 0 Å². The van der Waals surface area contributed by atoms with E-state index in [-0.39, 0.29) is 24.2 Å². The molecule has 0 aliphatic heterocycles. The molecule has 0 fully saturated rings. The molecule has 7 nitrogen and oxygen atoms in total. The van der Waals surface area contributed by atoms with E-state index in [2.05, 4.69) is 15.2 Å². The van der Waals surface area contributed by atoms with Crippen LogP contribution in [0.3, 0.4) is 0 Å². The SMILES string of the molecule is CCN(CC(C)(C)O)C(=O)c1nc(N)n[nH]1. The van der Waals surface area contributed by atoms with Crippen molar-refractivity contribution in [2.45, 2.75) is 26.4 Å². The molecule has 7 heteroatoms. The summed E-state index contributed by atoms with van der Waals surface area (Å²) in [6, 6.07) is 0. The van der Waals surface area contributed by atoms with E-state index in [1.807, 2.05) is 6.92 Å². The standard InChI is InChI=1S/C9H17N5O2/c1-4-14(5-9(2,3)16)7(15)6-11-8(10)13-12-6/h16H,4-5H2,1-3H3,(H3,10,11,12,13). The monoisotopic (exact) mass is 227 g/mol. The summed E-state index contributed by atoms with van der Waals surface area (Å²) in [5, 5.41) is 15.7. The number of rotatable bonds is 4. The number of nitrogens with zero attached hydrogens (tertiary/aromatic N) is 3. The van der Waals surface area contributed by atoms with Crippen LogP contribution in [-0.2, 0) is 0 Å². The van der Waals surface area contributed by atoms with Gasteiger partial charge in [-0.05, 0) is 20.8 Å². The lowest BCUT2D eigenvalue weighted by molar-refractivity contribution is 0.0308. The number of hydrogen-bond acceptors (Lipinski definition) is 5. The number of nitrogen functional groups attached to an aromatic ring is 1. The van der Waals surface area contributed by atoms with E-state index in [0.29, 0.717) is 6.54 Å². The van der Waals surface area contributed by atoms with Crippen LogP contribution in [-0.4, -0.2) is 49.8 Å². The fourth-order valence-corrected chi connectivity index (χ4v) is 1.31. The minimum absolute atomic E-state index is 0.0302. The number of anilines is 1. The molecule has 1 aromatic rings. The van der Waals surface area contributed by atoms with Gasteiger partial charge in [0.25, 0.3) is 5.91 Å². The summed E-state index contributed by atoms with van der Waals surface area (Å²) in [5.74, 6) is -0.208. The number of carbonyl (C=O) groups is 1. The van der Waals surface area contributed by atoms with E-state index >= 15 is 0 Å². The molecule has 1 amide bonds. The Morgan fingerprint density at radius 3 is 2.62 bits per heavy atom. The van der Waals surface area contributed by atoms with Gasteiger partial charge in [-0.2, -0.15) is 4.98 Å². The van der Waals surface area contributed by atoms with Crippen LogP contribution in [0.4, 0.5) is 5.95 Å². The third-order valence-electron chi connectivity index (χ3n) is 1.95. The number of amides is 1. The maximum Gasteiger partial charge on any atom is 0.291 e. The van der Waals surface area contributed by atoms with Crippen LogP contribution < -0.4 is 5.73 Å². The highest BCUT2D eigenvalue weighted by molar-refractivity contribution is 5.90. The van der Waals surface area contributed by atoms with Crippen molar-refractivity contribution >= 4 is 11.9 Å². The van der Waals surface area contributed by atoms with E-state index in [4.69, 9.17) is 5.73 Å². The minimum atomic E-state index is -0.947. The number of aromatic nitrogens is 3. The lowest BCUT2D eigenvalue weighted by atomic mass is 10.1. The molecule has 0 aromatic carbocycles. The quantitative estimate of drug-likeness (QED) is 0.649. The maximum atomic E-state index is 11.9. The minimum Gasteiger partial charge on any atom is -0.389 e. The predicted octanol–water partition coefficient (Wildman–Crippen LogP) is -0.380. The van der Waals surface area contributed by atoms with Gasteiger partial charge in [0.2, 0.25) is 11.8 Å². The Bertz CT molecular complexity index is 368. The largest absolute Gasteiger partial charge is 0.389 e. The van der Waals surface area contributed by atoms with E-state index in [9.17, 15) is 9.90 Å². The average molecular weight is 227 g/mol. The van der Waals surface area contributed by atoms with Crippen molar-refractivity contribution in [3.63, 3.8) is 0 Å². The summed E-state index contributed by atoms with van der Waals surface area (Å²) < 4.78 is 0. The second-order valence-electron chi connectivity index (χ2n) is 4.17. The summed E-state index contributed by atoms with van der Waals surface area (Å²) in [4.78, 5) is 17.1. The van der Waals surface area contributed by atoms with Gasteiger partial charge in [-0.1, -0.05) is 0 Å². The maximum absolute atomic E-state index is 11.9. The third kappa shape index (κ3) is 3.20. The van der Waals surface area contributed by atoms with Crippen molar-refractivity contribution in [3.8, 4) is 0 Å². The Balaban J connectivity index is 2.78. The zero-order valence-electron chi connectivity index (χ0n) is 9.69. The van der Waals surface area contributed by atoms with Crippen LogP contribution in [0.25, 0.3) is 0 Å². The van der Waals surface area contributed by atoms with Gasteiger partial charge >= 0.3 is 0 Å². The topological polar surface area (TPSA) is 108 Å². The van der Waals surface area contributed by atoms with Crippen LogP contribution in [0.1, 0.15) is 31.4 Å². The lowest BCUT2D eigenvalue weighted by Gasteiger charge is -2.27. The summed E-state index contributed by atoms with van der Waals surface area (Å²) >= 11 is 0. The van der Waals surface area contributed by atoms with Gasteiger partial charge in [-0.15, -0.1) is 5.10 Å². The molecule has 1 heterocycles. The van der Waals surface area contributed by atoms with Crippen LogP contribution in [0.15, 0.2) is 0 Å². The summed E-state index contributed by atoms with van der Waals surface area (Å²) in [6.07, 6.45) is 0. The molecule has 0 bridgehead atoms. The van der Waals surface area contributed by atoms with Crippen molar-refractivity contribution in [2.75, 3.05) is 18.8 Å². The molecule has 0 saturated heterocycles. The number of nitrogens with one attached hydrogen (secondary N) is 1. The number of nitrogens with two attached hydrogens (primary N) is 1. The van der Waals surface area contributed by atoms with Gasteiger partial charge in [-0.25, -0.2) is 0 Å².